The van der Waals surface area contributed by atoms with Crippen molar-refractivity contribution in [1.82, 2.24) is 19.7 Å². The quantitative estimate of drug-likeness (QED) is 0.240. The van der Waals surface area contributed by atoms with Gasteiger partial charge in [0.2, 0.25) is 11.9 Å². The van der Waals surface area contributed by atoms with Crippen molar-refractivity contribution in [3.63, 3.8) is 0 Å². The van der Waals surface area contributed by atoms with Gasteiger partial charge in [0.1, 0.15) is 0 Å². The lowest BCUT2D eigenvalue weighted by molar-refractivity contribution is -0.134. The van der Waals surface area contributed by atoms with Crippen molar-refractivity contribution in [2.75, 3.05) is 56.4 Å². The van der Waals surface area contributed by atoms with Gasteiger partial charge in [-0.15, -0.1) is 10.2 Å². The molecule has 2 saturated heterocycles. The summed E-state index contributed by atoms with van der Waals surface area (Å²) in [5.41, 5.74) is 2.19. The first-order chi connectivity index (χ1) is 16.1. The second-order valence-electron chi connectivity index (χ2n) is 7.60. The predicted octanol–water partition coefficient (Wildman–Crippen LogP) is 2.48. The molecule has 176 valence electrons. The van der Waals surface area contributed by atoms with Crippen molar-refractivity contribution >= 4 is 41.3 Å². The zero-order valence-corrected chi connectivity index (χ0v) is 20.4. The van der Waals surface area contributed by atoms with Crippen LogP contribution in [0.4, 0.5) is 5.95 Å². The van der Waals surface area contributed by atoms with Gasteiger partial charge in [0.25, 0.3) is 0 Å². The fourth-order valence-electron chi connectivity index (χ4n) is 3.63. The Labute approximate surface area is 201 Å². The molecule has 1 aromatic heterocycles. The van der Waals surface area contributed by atoms with Gasteiger partial charge in [0.05, 0.1) is 42.9 Å². The molecule has 0 N–H and O–H groups in total. The zero-order chi connectivity index (χ0) is 23.2. The van der Waals surface area contributed by atoms with Gasteiger partial charge in [-0.05, 0) is 31.0 Å². The minimum atomic E-state index is -0.450. The van der Waals surface area contributed by atoms with Crippen molar-refractivity contribution < 1.29 is 19.1 Å². The Morgan fingerprint density at radius 2 is 2.12 bits per heavy atom. The monoisotopic (exact) mass is 489 g/mol. The van der Waals surface area contributed by atoms with E-state index in [1.54, 1.807) is 16.7 Å². The van der Waals surface area contributed by atoms with Gasteiger partial charge >= 0.3 is 5.97 Å². The van der Waals surface area contributed by atoms with Crippen LogP contribution < -0.4 is 4.90 Å². The van der Waals surface area contributed by atoms with Gasteiger partial charge < -0.3 is 19.3 Å². The number of thioether (sulfide) groups is 2. The van der Waals surface area contributed by atoms with Crippen LogP contribution in [0.1, 0.15) is 12.0 Å². The van der Waals surface area contributed by atoms with Crippen molar-refractivity contribution in [1.29, 1.82) is 0 Å². The Morgan fingerprint density at radius 3 is 2.88 bits per heavy atom. The summed E-state index contributed by atoms with van der Waals surface area (Å²) in [7, 11) is 1.33. The number of hydrogen-bond acceptors (Lipinski definition) is 9. The zero-order valence-electron chi connectivity index (χ0n) is 18.7. The number of esters is 1. The molecule has 0 saturated carbocycles. The molecule has 1 aromatic carbocycles. The topological polar surface area (TPSA) is 89.8 Å². The number of benzene rings is 1. The maximum atomic E-state index is 12.2. The number of nitrogens with zero attached hydrogens (tertiary/aromatic N) is 5. The highest BCUT2D eigenvalue weighted by atomic mass is 32.2. The first-order valence-corrected chi connectivity index (χ1v) is 12.7. The maximum absolute atomic E-state index is 12.2. The lowest BCUT2D eigenvalue weighted by atomic mass is 10.2. The summed E-state index contributed by atoms with van der Waals surface area (Å²) in [6.07, 6.45) is 2.13. The van der Waals surface area contributed by atoms with E-state index in [0.29, 0.717) is 30.5 Å². The van der Waals surface area contributed by atoms with Gasteiger partial charge in [-0.25, -0.2) is 4.79 Å². The normalized spacial score (nSPS) is 17.8. The van der Waals surface area contributed by atoms with Crippen LogP contribution in [0.25, 0.3) is 5.69 Å². The largest absolute Gasteiger partial charge is 0.466 e. The van der Waals surface area contributed by atoms with Crippen LogP contribution >= 0.6 is 23.5 Å². The summed E-state index contributed by atoms with van der Waals surface area (Å²) in [6, 6.07) is 8.29. The molecule has 3 heterocycles. The Kier molecular flexibility index (Phi) is 7.94. The molecule has 0 bridgehead atoms. The maximum Gasteiger partial charge on any atom is 0.333 e. The fourth-order valence-corrected chi connectivity index (χ4v) is 5.46. The van der Waals surface area contributed by atoms with E-state index in [2.05, 4.69) is 44.8 Å². The lowest BCUT2D eigenvalue weighted by Gasteiger charge is -2.28. The number of rotatable bonds is 8. The van der Waals surface area contributed by atoms with E-state index in [-0.39, 0.29) is 5.91 Å². The third-order valence-corrected chi connectivity index (χ3v) is 7.32. The summed E-state index contributed by atoms with van der Waals surface area (Å²) in [4.78, 5) is 27.7. The molecule has 11 heteroatoms. The minimum absolute atomic E-state index is 0.0117. The molecule has 0 aliphatic carbocycles. The molecule has 2 aliphatic rings. The standard InChI is InChI=1S/C22H27N5O4S2/c1-16-5-3-6-17(13-16)27-21(25-8-10-31-11-9-25)23-24-22(27)32-12-4-7-26-18(28)15-33-19(26)14-20(29)30-2/h3,5-6,13-14H,4,7-12,15H2,1-2H3/b19-14+. The van der Waals surface area contributed by atoms with E-state index in [1.807, 2.05) is 6.07 Å². The molecular weight excluding hydrogens is 462 g/mol. The van der Waals surface area contributed by atoms with Gasteiger partial charge in [0, 0.05) is 25.4 Å². The van der Waals surface area contributed by atoms with E-state index < -0.39 is 5.97 Å². The average molecular weight is 490 g/mol. The minimum Gasteiger partial charge on any atom is -0.466 e. The highest BCUT2D eigenvalue weighted by Crippen LogP contribution is 2.31. The molecular formula is C22H27N5O4S2. The van der Waals surface area contributed by atoms with Crippen molar-refractivity contribution in [2.45, 2.75) is 18.5 Å². The van der Waals surface area contributed by atoms with Gasteiger partial charge in [-0.3, -0.25) is 9.36 Å². The van der Waals surface area contributed by atoms with E-state index in [4.69, 9.17) is 9.47 Å². The average Bonchev–Trinajstić information content (AvgIpc) is 3.40. The van der Waals surface area contributed by atoms with Crippen LogP contribution in [0.3, 0.4) is 0 Å². The number of amides is 1. The molecule has 4 rings (SSSR count). The fraction of sp³-hybridized carbons (Fsp3) is 0.455. The predicted molar refractivity (Wildman–Crippen MR) is 129 cm³/mol. The number of anilines is 1. The number of ether oxygens (including phenoxy) is 2. The molecule has 0 atom stereocenters. The van der Waals surface area contributed by atoms with E-state index in [9.17, 15) is 9.59 Å². The van der Waals surface area contributed by atoms with Crippen LogP contribution in [0.5, 0.6) is 0 Å². The second-order valence-corrected chi connectivity index (χ2v) is 9.66. The third-order valence-electron chi connectivity index (χ3n) is 5.28. The first-order valence-electron chi connectivity index (χ1n) is 10.8. The number of hydrogen-bond donors (Lipinski definition) is 0. The molecule has 33 heavy (non-hydrogen) atoms. The Hall–Kier alpha value is -2.50. The summed E-state index contributed by atoms with van der Waals surface area (Å²) in [5, 5.41) is 10.4. The first kappa shape index (κ1) is 23.7. The second kappa shape index (κ2) is 11.1. The number of methoxy groups -OCH3 is 1. The third kappa shape index (κ3) is 5.71. The molecule has 0 radical (unpaired) electrons. The molecule has 1 amide bonds. The Bertz CT molecular complexity index is 1040. The van der Waals surface area contributed by atoms with Gasteiger partial charge in [0.15, 0.2) is 5.16 Å². The Balaban J connectivity index is 1.46. The van der Waals surface area contributed by atoms with Crippen LogP contribution in [-0.2, 0) is 19.1 Å². The highest BCUT2D eigenvalue weighted by molar-refractivity contribution is 8.04. The van der Waals surface area contributed by atoms with Gasteiger partial charge in [-0.1, -0.05) is 35.7 Å². The van der Waals surface area contributed by atoms with E-state index in [1.165, 1.54) is 30.5 Å². The van der Waals surface area contributed by atoms with Crippen molar-refractivity contribution in [3.8, 4) is 5.69 Å². The lowest BCUT2D eigenvalue weighted by Crippen LogP contribution is -2.37. The summed E-state index contributed by atoms with van der Waals surface area (Å²) < 4.78 is 12.3. The molecule has 9 nitrogen and oxygen atoms in total. The number of carbonyl (C=O) groups is 2. The molecule has 2 aromatic rings. The number of aryl methyl sites for hydroxylation is 1. The molecule has 2 fully saturated rings. The van der Waals surface area contributed by atoms with Crippen molar-refractivity contribution in [3.05, 3.63) is 40.9 Å². The van der Waals surface area contributed by atoms with Crippen molar-refractivity contribution in [2.24, 2.45) is 0 Å². The van der Waals surface area contributed by atoms with E-state index in [0.717, 1.165) is 42.1 Å². The van der Waals surface area contributed by atoms with Crippen LogP contribution in [0.2, 0.25) is 0 Å². The van der Waals surface area contributed by atoms with Crippen LogP contribution in [0.15, 0.2) is 40.5 Å². The van der Waals surface area contributed by atoms with Crippen LogP contribution in [0, 0.1) is 6.92 Å². The molecule has 0 spiro atoms. The van der Waals surface area contributed by atoms with E-state index >= 15 is 0 Å². The smallest absolute Gasteiger partial charge is 0.333 e. The van der Waals surface area contributed by atoms with Crippen LogP contribution in [-0.4, -0.2) is 83.0 Å². The number of aromatic nitrogens is 3. The molecule has 2 aliphatic heterocycles. The number of morpholine rings is 1. The summed E-state index contributed by atoms with van der Waals surface area (Å²) in [6.45, 7) is 5.51. The SMILES string of the molecule is COC(=O)/C=C1/SCC(=O)N1CCCSc1nnc(N2CCOCC2)n1-c1cccc(C)c1. The number of carbonyl (C=O) groups excluding carboxylic acids is 2. The Morgan fingerprint density at radius 1 is 1.30 bits per heavy atom. The van der Waals surface area contributed by atoms with Gasteiger partial charge in [-0.2, -0.15) is 0 Å². The molecule has 0 unspecified atom stereocenters. The summed E-state index contributed by atoms with van der Waals surface area (Å²) >= 11 is 2.98. The summed E-state index contributed by atoms with van der Waals surface area (Å²) in [5.74, 6) is 1.49. The highest BCUT2D eigenvalue weighted by Gasteiger charge is 2.27.